The van der Waals surface area contributed by atoms with Crippen LogP contribution in [0.2, 0.25) is 0 Å². The molecule has 0 aliphatic carbocycles. The van der Waals surface area contributed by atoms with Crippen LogP contribution in [0.1, 0.15) is 38.7 Å². The highest BCUT2D eigenvalue weighted by atomic mass is 16.7. The molecule has 2 fully saturated rings. The molecular weight excluding hydrogens is 320 g/mol. The zero-order valence-corrected chi connectivity index (χ0v) is 14.7. The lowest BCUT2D eigenvalue weighted by Crippen LogP contribution is -2.42. The van der Waals surface area contributed by atoms with Crippen LogP contribution in [0.25, 0.3) is 0 Å². The maximum atomic E-state index is 12.0. The fraction of sp³-hybridized carbons (Fsp3) is 0.474. The van der Waals surface area contributed by atoms with Gasteiger partial charge in [-0.25, -0.2) is 9.59 Å². The number of piperidine rings is 1. The number of carbonyl (C=O) groups excluding carboxylic acids is 2. The number of rotatable bonds is 4. The van der Waals surface area contributed by atoms with E-state index < -0.39 is 17.7 Å². The molecule has 0 amide bonds. The number of ether oxygens (including phenoxy) is 2. The molecule has 0 unspecified atom stereocenters. The van der Waals surface area contributed by atoms with Crippen LogP contribution in [-0.4, -0.2) is 35.7 Å². The van der Waals surface area contributed by atoms with E-state index in [0.717, 1.165) is 30.9 Å². The fourth-order valence-electron chi connectivity index (χ4n) is 3.09. The Morgan fingerprint density at radius 3 is 2.40 bits per heavy atom. The summed E-state index contributed by atoms with van der Waals surface area (Å²) < 4.78 is 10.2. The molecule has 6 nitrogen and oxygen atoms in total. The Labute approximate surface area is 147 Å². The van der Waals surface area contributed by atoms with Crippen molar-refractivity contribution in [2.45, 2.75) is 45.4 Å². The van der Waals surface area contributed by atoms with Crippen molar-refractivity contribution in [1.29, 1.82) is 0 Å². The molecule has 0 atom stereocenters. The summed E-state index contributed by atoms with van der Waals surface area (Å²) in [6, 6.07) is 7.89. The highest BCUT2D eigenvalue weighted by Gasteiger charge is 2.38. The molecule has 3 rings (SSSR count). The summed E-state index contributed by atoms with van der Waals surface area (Å²) in [6.07, 6.45) is 5.12. The first-order valence-corrected chi connectivity index (χ1v) is 8.68. The zero-order chi connectivity index (χ0) is 17.9. The first kappa shape index (κ1) is 17.5. The van der Waals surface area contributed by atoms with Crippen LogP contribution in [0.5, 0.6) is 0 Å². The molecule has 2 aliphatic rings. The number of cyclic esters (lactones) is 2. The third kappa shape index (κ3) is 4.39. The molecular formula is C19H24N2O4. The monoisotopic (exact) mass is 344 g/mol. The topological polar surface area (TPSA) is 67.9 Å². The summed E-state index contributed by atoms with van der Waals surface area (Å²) in [5, 5.41) is 3.07. The van der Waals surface area contributed by atoms with Gasteiger partial charge in [-0.3, -0.25) is 4.90 Å². The number of benzene rings is 1. The van der Waals surface area contributed by atoms with Crippen LogP contribution >= 0.6 is 0 Å². The van der Waals surface area contributed by atoms with Gasteiger partial charge in [0.25, 0.3) is 5.79 Å². The smallest absolute Gasteiger partial charge is 0.350 e. The van der Waals surface area contributed by atoms with E-state index in [1.165, 1.54) is 39.3 Å². The molecule has 0 radical (unpaired) electrons. The van der Waals surface area contributed by atoms with E-state index in [4.69, 9.17) is 9.47 Å². The Kier molecular flexibility index (Phi) is 5.08. The van der Waals surface area contributed by atoms with Crippen LogP contribution in [0, 0.1) is 0 Å². The second-order valence-electron chi connectivity index (χ2n) is 6.88. The summed E-state index contributed by atoms with van der Waals surface area (Å²) in [5.74, 6) is -2.58. The van der Waals surface area contributed by atoms with Gasteiger partial charge in [0.1, 0.15) is 0 Å². The van der Waals surface area contributed by atoms with Gasteiger partial charge in [0.05, 0.1) is 0 Å². The number of hydrogen-bond acceptors (Lipinski definition) is 6. The zero-order valence-electron chi connectivity index (χ0n) is 14.7. The van der Waals surface area contributed by atoms with Crippen molar-refractivity contribution in [2.24, 2.45) is 0 Å². The van der Waals surface area contributed by atoms with Crippen molar-refractivity contribution in [3.05, 3.63) is 41.6 Å². The summed E-state index contributed by atoms with van der Waals surface area (Å²) in [7, 11) is 0. The Bertz CT molecular complexity index is 668. The number of likely N-dealkylation sites (tertiary alicyclic amines) is 1. The minimum absolute atomic E-state index is 0.132. The molecule has 0 spiro atoms. The van der Waals surface area contributed by atoms with Gasteiger partial charge < -0.3 is 14.8 Å². The molecule has 0 bridgehead atoms. The van der Waals surface area contributed by atoms with Crippen molar-refractivity contribution in [3.63, 3.8) is 0 Å². The third-order valence-corrected chi connectivity index (χ3v) is 4.35. The van der Waals surface area contributed by atoms with E-state index in [1.807, 2.05) is 18.2 Å². The molecule has 2 aliphatic heterocycles. The molecule has 1 N–H and O–H groups in total. The number of esters is 2. The lowest BCUT2D eigenvalue weighted by Gasteiger charge is -2.30. The standard InChI is InChI=1S/C19H24N2O4/c1-19(2)24-17(22)15(18(23)25-19)12-20-16-9-5-4-8-14(16)13-21-10-6-3-7-11-21/h4-5,8-9,12,20H,3,6-7,10-11,13H2,1-2H3. The number of nitrogens with zero attached hydrogens (tertiary/aromatic N) is 1. The number of carbonyl (C=O) groups is 2. The maximum Gasteiger partial charge on any atom is 0.350 e. The SMILES string of the molecule is CC1(C)OC(=O)C(=CNc2ccccc2CN2CCCCC2)C(=O)O1. The quantitative estimate of drug-likeness (QED) is 0.515. The minimum atomic E-state index is -1.22. The van der Waals surface area contributed by atoms with Gasteiger partial charge in [-0.1, -0.05) is 24.6 Å². The van der Waals surface area contributed by atoms with Gasteiger partial charge in [-0.15, -0.1) is 0 Å². The Morgan fingerprint density at radius 1 is 1.08 bits per heavy atom. The lowest BCUT2D eigenvalue weighted by molar-refractivity contribution is -0.222. The number of anilines is 1. The number of nitrogens with one attached hydrogen (secondary N) is 1. The molecule has 0 aromatic heterocycles. The third-order valence-electron chi connectivity index (χ3n) is 4.35. The molecule has 0 saturated carbocycles. The molecule has 134 valence electrons. The van der Waals surface area contributed by atoms with Gasteiger partial charge in [0.2, 0.25) is 0 Å². The first-order chi connectivity index (χ1) is 11.9. The number of para-hydroxylation sites is 1. The number of hydrogen-bond donors (Lipinski definition) is 1. The average molecular weight is 344 g/mol. The lowest BCUT2D eigenvalue weighted by atomic mass is 10.1. The highest BCUT2D eigenvalue weighted by molar-refractivity contribution is 6.15. The molecule has 1 aromatic rings. The van der Waals surface area contributed by atoms with Gasteiger partial charge in [0.15, 0.2) is 5.57 Å². The van der Waals surface area contributed by atoms with Gasteiger partial charge in [-0.05, 0) is 37.6 Å². The van der Waals surface area contributed by atoms with E-state index in [-0.39, 0.29) is 5.57 Å². The van der Waals surface area contributed by atoms with Crippen LogP contribution < -0.4 is 5.32 Å². The van der Waals surface area contributed by atoms with Crippen LogP contribution in [-0.2, 0) is 25.6 Å². The molecule has 2 heterocycles. The van der Waals surface area contributed by atoms with Crippen LogP contribution in [0.3, 0.4) is 0 Å². The fourth-order valence-corrected chi connectivity index (χ4v) is 3.09. The predicted molar refractivity (Wildman–Crippen MR) is 93.5 cm³/mol. The van der Waals surface area contributed by atoms with E-state index in [0.29, 0.717) is 0 Å². The normalized spacial score (nSPS) is 20.6. The van der Waals surface area contributed by atoms with E-state index >= 15 is 0 Å². The highest BCUT2D eigenvalue weighted by Crippen LogP contribution is 2.24. The summed E-state index contributed by atoms with van der Waals surface area (Å²) in [4.78, 5) is 26.4. The summed E-state index contributed by atoms with van der Waals surface area (Å²) in [6.45, 7) is 6.10. The van der Waals surface area contributed by atoms with E-state index in [9.17, 15) is 9.59 Å². The molecule has 25 heavy (non-hydrogen) atoms. The minimum Gasteiger partial charge on any atom is -0.419 e. The van der Waals surface area contributed by atoms with Crippen molar-refractivity contribution in [2.75, 3.05) is 18.4 Å². The van der Waals surface area contributed by atoms with Gasteiger partial charge in [0, 0.05) is 32.3 Å². The average Bonchev–Trinajstić information content (AvgIpc) is 2.55. The molecule has 6 heteroatoms. The van der Waals surface area contributed by atoms with Crippen molar-refractivity contribution >= 4 is 17.6 Å². The summed E-state index contributed by atoms with van der Waals surface area (Å²) in [5.41, 5.74) is 1.86. The Hall–Kier alpha value is -2.34. The first-order valence-electron chi connectivity index (χ1n) is 8.68. The van der Waals surface area contributed by atoms with Crippen molar-refractivity contribution < 1.29 is 19.1 Å². The van der Waals surface area contributed by atoms with Gasteiger partial charge in [-0.2, -0.15) is 0 Å². The van der Waals surface area contributed by atoms with Gasteiger partial charge >= 0.3 is 11.9 Å². The van der Waals surface area contributed by atoms with Crippen LogP contribution in [0.15, 0.2) is 36.0 Å². The van der Waals surface area contributed by atoms with Crippen LogP contribution in [0.4, 0.5) is 5.69 Å². The summed E-state index contributed by atoms with van der Waals surface area (Å²) >= 11 is 0. The molecule has 1 aromatic carbocycles. The predicted octanol–water partition coefficient (Wildman–Crippen LogP) is 2.80. The Morgan fingerprint density at radius 2 is 1.72 bits per heavy atom. The second kappa shape index (κ2) is 7.27. The van der Waals surface area contributed by atoms with Crippen molar-refractivity contribution in [3.8, 4) is 0 Å². The van der Waals surface area contributed by atoms with Crippen molar-refractivity contribution in [1.82, 2.24) is 4.90 Å². The maximum absolute atomic E-state index is 12.0. The Balaban J connectivity index is 1.72. The largest absolute Gasteiger partial charge is 0.419 e. The second-order valence-corrected chi connectivity index (χ2v) is 6.88. The molecule has 2 saturated heterocycles. The van der Waals surface area contributed by atoms with E-state index in [1.54, 1.807) is 0 Å². The van der Waals surface area contributed by atoms with E-state index in [2.05, 4.69) is 16.3 Å².